The fourth-order valence-corrected chi connectivity index (χ4v) is 3.50. The summed E-state index contributed by atoms with van der Waals surface area (Å²) in [6.45, 7) is 0.383. The molecule has 0 heterocycles. The molecule has 1 N–H and O–H groups in total. The van der Waals surface area contributed by atoms with Crippen LogP contribution in [0.3, 0.4) is 0 Å². The van der Waals surface area contributed by atoms with E-state index < -0.39 is 10.0 Å². The number of benzene rings is 2. The SMILES string of the molecule is CN(Cc1ccccc1Cl)C(=O)c1ccc(S(=O)(=O)NCCC#N)cc1. The molecule has 0 radical (unpaired) electrons. The second-order valence-corrected chi connectivity index (χ2v) is 7.76. The molecule has 0 bridgehead atoms. The summed E-state index contributed by atoms with van der Waals surface area (Å²) in [5.74, 6) is -0.244. The standard InChI is InChI=1S/C18H18ClN3O3S/c1-22(13-15-5-2-3-6-17(15)19)18(23)14-7-9-16(10-8-14)26(24,25)21-12-4-11-20/h2-3,5-10,21H,4,12-13H2,1H3. The van der Waals surface area contributed by atoms with Crippen LogP contribution in [0.25, 0.3) is 0 Å². The first-order valence-corrected chi connectivity index (χ1v) is 9.67. The molecule has 8 heteroatoms. The molecule has 0 aliphatic rings. The predicted octanol–water partition coefficient (Wildman–Crippen LogP) is 2.80. The third kappa shape index (κ3) is 5.05. The molecule has 6 nitrogen and oxygen atoms in total. The minimum atomic E-state index is -3.69. The van der Waals surface area contributed by atoms with Crippen LogP contribution in [-0.4, -0.2) is 32.8 Å². The summed E-state index contributed by atoms with van der Waals surface area (Å²) in [5.41, 5.74) is 1.20. The number of nitriles is 1. The normalized spacial score (nSPS) is 11.0. The molecule has 0 saturated heterocycles. The maximum atomic E-state index is 12.5. The molecule has 2 aromatic carbocycles. The largest absolute Gasteiger partial charge is 0.337 e. The summed E-state index contributed by atoms with van der Waals surface area (Å²) in [6, 6.07) is 14.8. The third-order valence-corrected chi connectivity index (χ3v) is 5.50. The van der Waals surface area contributed by atoms with Crippen molar-refractivity contribution < 1.29 is 13.2 Å². The summed E-state index contributed by atoms with van der Waals surface area (Å²) < 4.78 is 26.5. The van der Waals surface area contributed by atoms with E-state index in [1.165, 1.54) is 29.2 Å². The first kappa shape index (κ1) is 19.9. The van der Waals surface area contributed by atoms with Crippen LogP contribution < -0.4 is 4.72 Å². The van der Waals surface area contributed by atoms with E-state index in [9.17, 15) is 13.2 Å². The Labute approximate surface area is 158 Å². The fourth-order valence-electron chi connectivity index (χ4n) is 2.28. The third-order valence-electron chi connectivity index (χ3n) is 3.65. The monoisotopic (exact) mass is 391 g/mol. The Kier molecular flexibility index (Phi) is 6.75. The van der Waals surface area contributed by atoms with Gasteiger partial charge in [-0.3, -0.25) is 4.79 Å². The van der Waals surface area contributed by atoms with Crippen molar-refractivity contribution in [3.8, 4) is 6.07 Å². The molecule has 2 rings (SSSR count). The number of hydrogen-bond acceptors (Lipinski definition) is 4. The number of rotatable bonds is 7. The van der Waals surface area contributed by atoms with Crippen LogP contribution in [0.1, 0.15) is 22.3 Å². The Hall–Kier alpha value is -2.40. The number of nitrogens with zero attached hydrogens (tertiary/aromatic N) is 2. The van der Waals surface area contributed by atoms with Gasteiger partial charge in [-0.2, -0.15) is 5.26 Å². The number of carbonyl (C=O) groups is 1. The molecule has 2 aromatic rings. The van der Waals surface area contributed by atoms with Gasteiger partial charge >= 0.3 is 0 Å². The Balaban J connectivity index is 2.08. The molecule has 1 amide bonds. The van der Waals surface area contributed by atoms with E-state index in [0.29, 0.717) is 17.1 Å². The van der Waals surface area contributed by atoms with Crippen LogP contribution in [0.2, 0.25) is 5.02 Å². The number of nitrogens with one attached hydrogen (secondary N) is 1. The quantitative estimate of drug-likeness (QED) is 0.735. The molecule has 136 valence electrons. The minimum Gasteiger partial charge on any atom is -0.337 e. The summed E-state index contributed by atoms with van der Waals surface area (Å²) in [5, 5.41) is 9.05. The van der Waals surface area contributed by atoms with Crippen molar-refractivity contribution in [2.45, 2.75) is 17.9 Å². The van der Waals surface area contributed by atoms with Gasteiger partial charge in [0.05, 0.1) is 11.0 Å². The van der Waals surface area contributed by atoms with E-state index in [2.05, 4.69) is 4.72 Å². The lowest BCUT2D eigenvalue weighted by Crippen LogP contribution is -2.27. The number of sulfonamides is 1. The van der Waals surface area contributed by atoms with Gasteiger partial charge in [0.1, 0.15) is 0 Å². The summed E-state index contributed by atoms with van der Waals surface area (Å²) in [4.78, 5) is 14.1. The van der Waals surface area contributed by atoms with E-state index in [1.807, 2.05) is 24.3 Å². The molecule has 0 saturated carbocycles. The molecule has 0 fully saturated rings. The van der Waals surface area contributed by atoms with Gasteiger partial charge in [0.15, 0.2) is 0 Å². The van der Waals surface area contributed by atoms with Gasteiger partial charge in [-0.25, -0.2) is 13.1 Å². The summed E-state index contributed by atoms with van der Waals surface area (Å²) >= 11 is 6.11. The molecule has 0 atom stereocenters. The summed E-state index contributed by atoms with van der Waals surface area (Å²) in [7, 11) is -2.04. The zero-order valence-electron chi connectivity index (χ0n) is 14.1. The lowest BCUT2D eigenvalue weighted by atomic mass is 10.1. The summed E-state index contributed by atoms with van der Waals surface area (Å²) in [6.07, 6.45) is 0.0860. The molecular formula is C18H18ClN3O3S. The zero-order chi connectivity index (χ0) is 19.2. The maximum absolute atomic E-state index is 12.5. The van der Waals surface area contributed by atoms with Gasteiger partial charge in [-0.15, -0.1) is 0 Å². The van der Waals surface area contributed by atoms with E-state index in [1.54, 1.807) is 13.1 Å². The number of halogens is 1. The van der Waals surface area contributed by atoms with Crippen LogP contribution in [0, 0.1) is 11.3 Å². The van der Waals surface area contributed by atoms with E-state index >= 15 is 0 Å². The highest BCUT2D eigenvalue weighted by Gasteiger charge is 2.17. The highest BCUT2D eigenvalue weighted by atomic mass is 35.5. The number of carbonyl (C=O) groups excluding carboxylic acids is 1. The van der Waals surface area contributed by atoms with Crippen LogP contribution in [0.15, 0.2) is 53.4 Å². The van der Waals surface area contributed by atoms with Crippen LogP contribution >= 0.6 is 11.6 Å². The number of hydrogen-bond donors (Lipinski definition) is 1. The zero-order valence-corrected chi connectivity index (χ0v) is 15.7. The molecule has 0 spiro atoms. The molecule has 0 aliphatic heterocycles. The van der Waals surface area contributed by atoms with Crippen molar-refractivity contribution in [3.63, 3.8) is 0 Å². The van der Waals surface area contributed by atoms with E-state index in [4.69, 9.17) is 16.9 Å². The van der Waals surface area contributed by atoms with Gasteiger partial charge in [0.25, 0.3) is 5.91 Å². The average Bonchev–Trinajstić information content (AvgIpc) is 2.63. The highest BCUT2D eigenvalue weighted by molar-refractivity contribution is 7.89. The van der Waals surface area contributed by atoms with Crippen molar-refractivity contribution in [2.24, 2.45) is 0 Å². The second-order valence-electron chi connectivity index (χ2n) is 5.58. The highest BCUT2D eigenvalue weighted by Crippen LogP contribution is 2.18. The van der Waals surface area contributed by atoms with Crippen molar-refractivity contribution >= 4 is 27.5 Å². The Bertz CT molecular complexity index is 921. The van der Waals surface area contributed by atoms with Crippen molar-refractivity contribution in [1.82, 2.24) is 9.62 Å². The molecule has 26 heavy (non-hydrogen) atoms. The molecule has 0 aromatic heterocycles. The van der Waals surface area contributed by atoms with Crippen molar-refractivity contribution in [2.75, 3.05) is 13.6 Å². The lowest BCUT2D eigenvalue weighted by Gasteiger charge is -2.18. The Morgan fingerprint density at radius 2 is 1.85 bits per heavy atom. The van der Waals surface area contributed by atoms with Crippen LogP contribution in [0.4, 0.5) is 0 Å². The second kappa shape index (κ2) is 8.81. The smallest absolute Gasteiger partial charge is 0.253 e. The van der Waals surface area contributed by atoms with Crippen LogP contribution in [0.5, 0.6) is 0 Å². The van der Waals surface area contributed by atoms with Crippen molar-refractivity contribution in [1.29, 1.82) is 5.26 Å². The van der Waals surface area contributed by atoms with Gasteiger partial charge in [-0.1, -0.05) is 29.8 Å². The molecule has 0 aliphatic carbocycles. The molecule has 0 unspecified atom stereocenters. The van der Waals surface area contributed by atoms with E-state index in [0.717, 1.165) is 5.56 Å². The maximum Gasteiger partial charge on any atom is 0.253 e. The topological polar surface area (TPSA) is 90.3 Å². The molecular weight excluding hydrogens is 374 g/mol. The Morgan fingerprint density at radius 3 is 2.46 bits per heavy atom. The fraction of sp³-hybridized carbons (Fsp3) is 0.222. The van der Waals surface area contributed by atoms with Gasteiger partial charge in [0, 0.05) is 37.1 Å². The van der Waals surface area contributed by atoms with Gasteiger partial charge < -0.3 is 4.90 Å². The predicted molar refractivity (Wildman–Crippen MR) is 99.1 cm³/mol. The average molecular weight is 392 g/mol. The van der Waals surface area contributed by atoms with Gasteiger partial charge in [0.2, 0.25) is 10.0 Å². The number of amides is 1. The minimum absolute atomic E-state index is 0.0418. The van der Waals surface area contributed by atoms with E-state index in [-0.39, 0.29) is 23.8 Å². The lowest BCUT2D eigenvalue weighted by molar-refractivity contribution is 0.0785. The Morgan fingerprint density at radius 1 is 1.19 bits per heavy atom. The van der Waals surface area contributed by atoms with Gasteiger partial charge in [-0.05, 0) is 35.9 Å². The first-order chi connectivity index (χ1) is 12.3. The first-order valence-electron chi connectivity index (χ1n) is 7.80. The van der Waals surface area contributed by atoms with Crippen molar-refractivity contribution in [3.05, 3.63) is 64.7 Å². The van der Waals surface area contributed by atoms with Crippen LogP contribution in [-0.2, 0) is 16.6 Å².